The van der Waals surface area contributed by atoms with E-state index in [1.807, 2.05) is 0 Å². The SMILES string of the molecule is CC(CC1CNC1)n1ccc2c(c1=O)CNC2=O. The summed E-state index contributed by atoms with van der Waals surface area (Å²) in [5.74, 6) is 0.532. The van der Waals surface area contributed by atoms with Gasteiger partial charge in [-0.25, -0.2) is 0 Å². The van der Waals surface area contributed by atoms with Gasteiger partial charge in [-0.15, -0.1) is 0 Å². The monoisotopic (exact) mass is 247 g/mol. The summed E-state index contributed by atoms with van der Waals surface area (Å²) in [6.45, 7) is 4.52. The van der Waals surface area contributed by atoms with Crippen LogP contribution >= 0.6 is 0 Å². The molecule has 2 N–H and O–H groups in total. The lowest BCUT2D eigenvalue weighted by atomic mass is 9.95. The van der Waals surface area contributed by atoms with Crippen molar-refractivity contribution in [2.24, 2.45) is 5.92 Å². The predicted octanol–water partition coefficient (Wildman–Crippen LogP) is 0.262. The first-order valence-corrected chi connectivity index (χ1v) is 6.39. The number of carbonyl (C=O) groups is 1. The number of pyridine rings is 1. The van der Waals surface area contributed by atoms with Crippen molar-refractivity contribution < 1.29 is 4.79 Å². The Morgan fingerprint density at radius 3 is 2.89 bits per heavy atom. The third-order valence-corrected chi connectivity index (χ3v) is 3.91. The summed E-state index contributed by atoms with van der Waals surface area (Å²) in [5.41, 5.74) is 1.13. The van der Waals surface area contributed by atoms with Crippen LogP contribution in [0.5, 0.6) is 0 Å². The molecule has 1 saturated heterocycles. The number of hydrogen-bond acceptors (Lipinski definition) is 3. The van der Waals surface area contributed by atoms with Crippen LogP contribution < -0.4 is 16.2 Å². The van der Waals surface area contributed by atoms with E-state index in [4.69, 9.17) is 0 Å². The predicted molar refractivity (Wildman–Crippen MR) is 67.6 cm³/mol. The summed E-state index contributed by atoms with van der Waals surface area (Å²) >= 11 is 0. The van der Waals surface area contributed by atoms with E-state index in [1.165, 1.54) is 0 Å². The highest BCUT2D eigenvalue weighted by molar-refractivity contribution is 5.97. The van der Waals surface area contributed by atoms with Crippen molar-refractivity contribution in [1.82, 2.24) is 15.2 Å². The summed E-state index contributed by atoms with van der Waals surface area (Å²) in [5, 5.41) is 5.93. The van der Waals surface area contributed by atoms with Crippen LogP contribution in [0.1, 0.15) is 35.3 Å². The Balaban J connectivity index is 1.88. The molecule has 1 aromatic rings. The van der Waals surface area contributed by atoms with Gasteiger partial charge in [-0.3, -0.25) is 9.59 Å². The number of nitrogens with one attached hydrogen (secondary N) is 2. The number of amides is 1. The Labute approximate surface area is 105 Å². The standard InChI is InChI=1S/C13H17N3O2/c1-8(4-9-5-14-6-9)16-3-2-10-11(13(16)18)7-15-12(10)17/h2-3,8-9,14H,4-7H2,1H3,(H,15,17). The second kappa shape index (κ2) is 4.24. The van der Waals surface area contributed by atoms with Crippen LogP contribution in [-0.4, -0.2) is 23.6 Å². The molecule has 2 aliphatic heterocycles. The first-order valence-electron chi connectivity index (χ1n) is 6.39. The van der Waals surface area contributed by atoms with Crippen molar-refractivity contribution >= 4 is 5.91 Å². The highest BCUT2D eigenvalue weighted by Crippen LogP contribution is 2.20. The van der Waals surface area contributed by atoms with Crippen LogP contribution in [0.15, 0.2) is 17.1 Å². The molecule has 1 amide bonds. The van der Waals surface area contributed by atoms with Gasteiger partial charge in [-0.2, -0.15) is 0 Å². The molecule has 3 rings (SSSR count). The molecule has 0 spiro atoms. The topological polar surface area (TPSA) is 63.1 Å². The van der Waals surface area contributed by atoms with Gasteiger partial charge >= 0.3 is 0 Å². The first kappa shape index (κ1) is 11.5. The maximum atomic E-state index is 12.3. The molecule has 3 heterocycles. The normalized spacial score (nSPS) is 20.2. The Morgan fingerprint density at radius 2 is 2.22 bits per heavy atom. The van der Waals surface area contributed by atoms with E-state index >= 15 is 0 Å². The fraction of sp³-hybridized carbons (Fsp3) is 0.538. The summed E-state index contributed by atoms with van der Waals surface area (Å²) in [6.07, 6.45) is 2.76. The van der Waals surface area contributed by atoms with Gasteiger partial charge in [-0.05, 0) is 38.4 Å². The van der Waals surface area contributed by atoms with Gasteiger partial charge in [0, 0.05) is 24.3 Å². The van der Waals surface area contributed by atoms with Crippen molar-refractivity contribution in [2.45, 2.75) is 25.9 Å². The molecule has 0 radical (unpaired) electrons. The fourth-order valence-corrected chi connectivity index (χ4v) is 2.70. The molecule has 0 saturated carbocycles. The van der Waals surface area contributed by atoms with Gasteiger partial charge in [-0.1, -0.05) is 0 Å². The van der Waals surface area contributed by atoms with Crippen LogP contribution in [0, 0.1) is 5.92 Å². The third kappa shape index (κ3) is 1.75. The second-order valence-corrected chi connectivity index (χ2v) is 5.21. The van der Waals surface area contributed by atoms with Gasteiger partial charge in [0.25, 0.3) is 11.5 Å². The van der Waals surface area contributed by atoms with Crippen molar-refractivity contribution in [3.8, 4) is 0 Å². The van der Waals surface area contributed by atoms with E-state index in [0.29, 0.717) is 23.6 Å². The van der Waals surface area contributed by atoms with Crippen molar-refractivity contribution in [2.75, 3.05) is 13.1 Å². The first-order chi connectivity index (χ1) is 8.66. The average molecular weight is 247 g/mol. The molecule has 1 unspecified atom stereocenters. The zero-order valence-corrected chi connectivity index (χ0v) is 10.4. The van der Waals surface area contributed by atoms with Crippen LogP contribution in [-0.2, 0) is 6.54 Å². The lowest BCUT2D eigenvalue weighted by Crippen LogP contribution is -2.43. The van der Waals surface area contributed by atoms with Gasteiger partial charge in [0.2, 0.25) is 0 Å². The molecule has 0 aromatic carbocycles. The molecule has 1 atom stereocenters. The largest absolute Gasteiger partial charge is 0.348 e. The minimum Gasteiger partial charge on any atom is -0.348 e. The molecular formula is C13H17N3O2. The molecule has 1 aromatic heterocycles. The maximum Gasteiger partial charge on any atom is 0.256 e. The Morgan fingerprint density at radius 1 is 1.44 bits per heavy atom. The van der Waals surface area contributed by atoms with Crippen LogP contribution in [0.25, 0.3) is 0 Å². The molecule has 5 heteroatoms. The van der Waals surface area contributed by atoms with Crippen molar-refractivity contribution in [3.05, 3.63) is 33.7 Å². The third-order valence-electron chi connectivity index (χ3n) is 3.91. The van der Waals surface area contributed by atoms with Gasteiger partial charge in [0.1, 0.15) is 0 Å². The Kier molecular flexibility index (Phi) is 2.70. The quantitative estimate of drug-likeness (QED) is 0.805. The molecule has 96 valence electrons. The van der Waals surface area contributed by atoms with E-state index in [2.05, 4.69) is 17.6 Å². The van der Waals surface area contributed by atoms with E-state index < -0.39 is 0 Å². The van der Waals surface area contributed by atoms with E-state index in [1.54, 1.807) is 16.8 Å². The molecule has 5 nitrogen and oxygen atoms in total. The van der Waals surface area contributed by atoms with Gasteiger partial charge < -0.3 is 15.2 Å². The van der Waals surface area contributed by atoms with Crippen LogP contribution in [0.3, 0.4) is 0 Å². The molecule has 2 aliphatic rings. The highest BCUT2D eigenvalue weighted by atomic mass is 16.2. The van der Waals surface area contributed by atoms with E-state index in [-0.39, 0.29) is 17.5 Å². The van der Waals surface area contributed by atoms with Crippen LogP contribution in [0.4, 0.5) is 0 Å². The summed E-state index contributed by atoms with van der Waals surface area (Å²) in [7, 11) is 0. The number of rotatable bonds is 3. The lowest BCUT2D eigenvalue weighted by molar-refractivity contribution is 0.0965. The zero-order chi connectivity index (χ0) is 12.7. The van der Waals surface area contributed by atoms with Gasteiger partial charge in [0.15, 0.2) is 0 Å². The maximum absolute atomic E-state index is 12.3. The minimum absolute atomic E-state index is 0.0226. The van der Waals surface area contributed by atoms with Crippen molar-refractivity contribution in [1.29, 1.82) is 0 Å². The molecule has 0 bridgehead atoms. The van der Waals surface area contributed by atoms with Crippen LogP contribution in [0.2, 0.25) is 0 Å². The minimum atomic E-state index is -0.134. The van der Waals surface area contributed by atoms with E-state index in [9.17, 15) is 9.59 Å². The fourth-order valence-electron chi connectivity index (χ4n) is 2.70. The van der Waals surface area contributed by atoms with E-state index in [0.717, 1.165) is 19.5 Å². The average Bonchev–Trinajstić information content (AvgIpc) is 2.67. The highest BCUT2D eigenvalue weighted by Gasteiger charge is 2.25. The second-order valence-electron chi connectivity index (χ2n) is 5.21. The molecule has 0 aliphatic carbocycles. The van der Waals surface area contributed by atoms with Gasteiger partial charge in [0.05, 0.1) is 5.56 Å². The van der Waals surface area contributed by atoms with Crippen molar-refractivity contribution in [3.63, 3.8) is 0 Å². The Bertz CT molecular complexity index is 546. The number of nitrogens with zero attached hydrogens (tertiary/aromatic N) is 1. The summed E-state index contributed by atoms with van der Waals surface area (Å²) < 4.78 is 1.76. The number of hydrogen-bond donors (Lipinski definition) is 2. The molecule has 18 heavy (non-hydrogen) atoms. The summed E-state index contributed by atoms with van der Waals surface area (Å²) in [4.78, 5) is 23.8. The zero-order valence-electron chi connectivity index (χ0n) is 10.4. The lowest BCUT2D eigenvalue weighted by Gasteiger charge is -2.30. The smallest absolute Gasteiger partial charge is 0.256 e. The molecule has 1 fully saturated rings. The number of carbonyl (C=O) groups excluding carboxylic acids is 1. The number of fused-ring (bicyclic) bond motifs is 1. The Hall–Kier alpha value is -1.62. The number of aromatic nitrogens is 1. The molecular weight excluding hydrogens is 230 g/mol. The summed E-state index contributed by atoms with van der Waals surface area (Å²) in [6, 6.07) is 1.94.